The fraction of sp³-hybridized carbons (Fsp3) is 0.360. The Balaban J connectivity index is 1.80. The van der Waals surface area contributed by atoms with Crippen LogP contribution in [0.2, 0.25) is 0 Å². The lowest BCUT2D eigenvalue weighted by Gasteiger charge is -2.21. The van der Waals surface area contributed by atoms with E-state index in [-0.39, 0.29) is 16.9 Å². The predicted octanol–water partition coefficient (Wildman–Crippen LogP) is 6.09. The Morgan fingerprint density at radius 2 is 0.885 bits per heavy atom. The van der Waals surface area contributed by atoms with Crippen LogP contribution in [-0.2, 0) is 10.8 Å². The molecule has 0 spiro atoms. The molecule has 26 heavy (non-hydrogen) atoms. The van der Waals surface area contributed by atoms with Crippen molar-refractivity contribution in [3.63, 3.8) is 0 Å². The second-order valence-electron chi connectivity index (χ2n) is 9.38. The van der Waals surface area contributed by atoms with Gasteiger partial charge >= 0.3 is 0 Å². The summed E-state index contributed by atoms with van der Waals surface area (Å²) in [4.78, 5) is 0. The van der Waals surface area contributed by atoms with Crippen molar-refractivity contribution in [2.45, 2.75) is 58.4 Å². The molecule has 1 aliphatic rings. The molecule has 0 aromatic heterocycles. The first-order valence-corrected chi connectivity index (χ1v) is 9.46. The first kappa shape index (κ1) is 18.7. The molecule has 0 fully saturated rings. The SMILES string of the molecule is CC(C)(C)c1ccc(C2=CC=C(c3ccc(C(C)(C)C)cc3)C2N)cc1. The number of benzene rings is 2. The fourth-order valence-electron chi connectivity index (χ4n) is 3.43. The van der Waals surface area contributed by atoms with Crippen LogP contribution < -0.4 is 5.73 Å². The minimum atomic E-state index is -0.0732. The summed E-state index contributed by atoms with van der Waals surface area (Å²) in [6.07, 6.45) is 4.34. The lowest BCUT2D eigenvalue weighted by Crippen LogP contribution is -2.21. The Morgan fingerprint density at radius 3 is 1.15 bits per heavy atom. The van der Waals surface area contributed by atoms with Gasteiger partial charge < -0.3 is 5.73 Å². The molecule has 0 bridgehead atoms. The van der Waals surface area contributed by atoms with Gasteiger partial charge in [-0.3, -0.25) is 0 Å². The molecule has 0 amide bonds. The predicted molar refractivity (Wildman–Crippen MR) is 114 cm³/mol. The molecule has 1 nitrogen and oxygen atoms in total. The second-order valence-corrected chi connectivity index (χ2v) is 9.38. The van der Waals surface area contributed by atoms with Gasteiger partial charge in [0.25, 0.3) is 0 Å². The maximum Gasteiger partial charge on any atom is 0.0563 e. The van der Waals surface area contributed by atoms with Gasteiger partial charge in [-0.25, -0.2) is 0 Å². The monoisotopic (exact) mass is 345 g/mol. The van der Waals surface area contributed by atoms with Crippen LogP contribution >= 0.6 is 0 Å². The van der Waals surface area contributed by atoms with Crippen LogP contribution in [-0.4, -0.2) is 6.04 Å². The summed E-state index contributed by atoms with van der Waals surface area (Å²) in [5.74, 6) is 0. The summed E-state index contributed by atoms with van der Waals surface area (Å²) >= 11 is 0. The normalized spacial score (nSPS) is 15.8. The average molecular weight is 346 g/mol. The number of hydrogen-bond acceptors (Lipinski definition) is 1. The van der Waals surface area contributed by atoms with Crippen LogP contribution in [0.25, 0.3) is 11.1 Å². The van der Waals surface area contributed by atoms with Gasteiger partial charge in [0.15, 0.2) is 0 Å². The Labute approximate surface area is 158 Å². The van der Waals surface area contributed by atoms with Crippen molar-refractivity contribution in [2.24, 2.45) is 5.73 Å². The molecule has 0 heterocycles. The maximum absolute atomic E-state index is 6.60. The second kappa shape index (κ2) is 6.55. The van der Waals surface area contributed by atoms with Gasteiger partial charge in [0.2, 0.25) is 0 Å². The molecule has 1 aliphatic carbocycles. The van der Waals surface area contributed by atoms with Crippen LogP contribution in [0.5, 0.6) is 0 Å². The fourth-order valence-corrected chi connectivity index (χ4v) is 3.43. The molecule has 2 N–H and O–H groups in total. The van der Waals surface area contributed by atoms with E-state index in [0.29, 0.717) is 0 Å². The summed E-state index contributed by atoms with van der Waals surface area (Å²) in [5.41, 5.74) is 14.4. The van der Waals surface area contributed by atoms with Gasteiger partial charge in [-0.05, 0) is 44.2 Å². The largest absolute Gasteiger partial charge is 0.320 e. The van der Waals surface area contributed by atoms with E-state index in [1.165, 1.54) is 33.4 Å². The van der Waals surface area contributed by atoms with Crippen LogP contribution in [0.3, 0.4) is 0 Å². The third-order valence-corrected chi connectivity index (χ3v) is 5.28. The number of nitrogens with two attached hydrogens (primary N) is 1. The number of rotatable bonds is 2. The van der Waals surface area contributed by atoms with Gasteiger partial charge in [0, 0.05) is 0 Å². The van der Waals surface area contributed by atoms with Crippen molar-refractivity contribution in [3.8, 4) is 0 Å². The highest BCUT2D eigenvalue weighted by atomic mass is 14.7. The van der Waals surface area contributed by atoms with Crippen molar-refractivity contribution in [2.75, 3.05) is 0 Å². The van der Waals surface area contributed by atoms with E-state index in [4.69, 9.17) is 5.73 Å². The summed E-state index contributed by atoms with van der Waals surface area (Å²) in [6.45, 7) is 13.4. The zero-order valence-corrected chi connectivity index (χ0v) is 16.9. The lowest BCUT2D eigenvalue weighted by molar-refractivity contribution is 0.590. The van der Waals surface area contributed by atoms with E-state index in [9.17, 15) is 0 Å². The zero-order chi connectivity index (χ0) is 19.1. The number of hydrogen-bond donors (Lipinski definition) is 1. The summed E-state index contributed by atoms with van der Waals surface area (Å²) in [7, 11) is 0. The van der Waals surface area contributed by atoms with Crippen LogP contribution in [0.4, 0.5) is 0 Å². The zero-order valence-electron chi connectivity index (χ0n) is 16.9. The maximum atomic E-state index is 6.60. The molecule has 0 unspecified atom stereocenters. The van der Waals surface area contributed by atoms with E-state index in [2.05, 4.69) is 102 Å². The number of allylic oxidation sites excluding steroid dienone is 2. The molecule has 0 saturated carbocycles. The first-order valence-electron chi connectivity index (χ1n) is 9.46. The van der Waals surface area contributed by atoms with Crippen molar-refractivity contribution in [1.82, 2.24) is 0 Å². The highest BCUT2D eigenvalue weighted by Crippen LogP contribution is 2.35. The molecule has 136 valence electrons. The minimum absolute atomic E-state index is 0.0732. The van der Waals surface area contributed by atoms with E-state index < -0.39 is 0 Å². The topological polar surface area (TPSA) is 26.0 Å². The van der Waals surface area contributed by atoms with E-state index in [1.54, 1.807) is 0 Å². The molecule has 2 aromatic rings. The standard InChI is InChI=1S/C25H31N/c1-24(2,3)19-11-7-17(8-12-19)21-15-16-22(23(21)26)18-9-13-20(14-10-18)25(4,5)6/h7-16,23H,26H2,1-6H3. The molecule has 0 saturated heterocycles. The van der Waals surface area contributed by atoms with Crippen LogP contribution in [0.15, 0.2) is 60.7 Å². The minimum Gasteiger partial charge on any atom is -0.320 e. The molecule has 2 aromatic carbocycles. The molecule has 0 radical (unpaired) electrons. The third kappa shape index (κ3) is 3.68. The van der Waals surface area contributed by atoms with Crippen LogP contribution in [0.1, 0.15) is 63.8 Å². The van der Waals surface area contributed by atoms with Gasteiger partial charge in [-0.1, -0.05) is 102 Å². The summed E-state index contributed by atoms with van der Waals surface area (Å²) in [6, 6.07) is 17.6. The highest BCUT2D eigenvalue weighted by molar-refractivity contribution is 5.92. The van der Waals surface area contributed by atoms with Gasteiger partial charge in [0.1, 0.15) is 0 Å². The summed E-state index contributed by atoms with van der Waals surface area (Å²) < 4.78 is 0. The quantitative estimate of drug-likeness (QED) is 0.700. The molecular weight excluding hydrogens is 314 g/mol. The lowest BCUT2D eigenvalue weighted by atomic mass is 9.85. The van der Waals surface area contributed by atoms with Gasteiger partial charge in [-0.15, -0.1) is 0 Å². The molecule has 0 atom stereocenters. The van der Waals surface area contributed by atoms with Gasteiger partial charge in [0.05, 0.1) is 6.04 Å². The Morgan fingerprint density at radius 1 is 0.577 bits per heavy atom. The van der Waals surface area contributed by atoms with E-state index >= 15 is 0 Å². The first-order chi connectivity index (χ1) is 12.1. The Hall–Kier alpha value is -2.12. The van der Waals surface area contributed by atoms with Crippen molar-refractivity contribution < 1.29 is 0 Å². The summed E-state index contributed by atoms with van der Waals surface area (Å²) in [5, 5.41) is 0. The van der Waals surface area contributed by atoms with Crippen molar-refractivity contribution in [3.05, 3.63) is 82.9 Å². The molecule has 0 aliphatic heterocycles. The molecular formula is C25H31N. The van der Waals surface area contributed by atoms with Crippen molar-refractivity contribution in [1.29, 1.82) is 0 Å². The van der Waals surface area contributed by atoms with Crippen molar-refractivity contribution >= 4 is 11.1 Å². The van der Waals surface area contributed by atoms with Gasteiger partial charge in [-0.2, -0.15) is 0 Å². The third-order valence-electron chi connectivity index (χ3n) is 5.28. The highest BCUT2D eigenvalue weighted by Gasteiger charge is 2.23. The Bertz CT molecular complexity index is 762. The van der Waals surface area contributed by atoms with E-state index in [1.807, 2.05) is 0 Å². The smallest absolute Gasteiger partial charge is 0.0563 e. The van der Waals surface area contributed by atoms with Crippen LogP contribution in [0, 0.1) is 0 Å². The Kier molecular flexibility index (Phi) is 4.71. The molecule has 1 heteroatoms. The van der Waals surface area contributed by atoms with E-state index in [0.717, 1.165) is 0 Å². The average Bonchev–Trinajstić information content (AvgIpc) is 2.95. The molecule has 3 rings (SSSR count).